The molecule has 3 rings (SSSR count). The van der Waals surface area contributed by atoms with E-state index in [0.717, 1.165) is 23.3 Å². The Morgan fingerprint density at radius 1 is 1.37 bits per heavy atom. The predicted octanol–water partition coefficient (Wildman–Crippen LogP) is 4.10. The summed E-state index contributed by atoms with van der Waals surface area (Å²) in [5, 5.41) is 0.567. The molecule has 0 unspecified atom stereocenters. The number of carbonyl (C=O) groups is 1. The van der Waals surface area contributed by atoms with Gasteiger partial charge in [-0.2, -0.15) is 0 Å². The smallest absolute Gasteiger partial charge is 0.177 e. The number of aromatic nitrogens is 1. The van der Waals surface area contributed by atoms with Crippen LogP contribution in [0.4, 0.5) is 0 Å². The molecule has 2 nitrogen and oxygen atoms in total. The van der Waals surface area contributed by atoms with E-state index in [1.807, 2.05) is 6.07 Å². The topological polar surface area (TPSA) is 30.0 Å². The summed E-state index contributed by atoms with van der Waals surface area (Å²) in [5.41, 5.74) is 2.23. The van der Waals surface area contributed by atoms with Gasteiger partial charge in [-0.25, -0.2) is 0 Å². The first kappa shape index (κ1) is 12.8. The molecule has 0 aliphatic heterocycles. The number of rotatable bonds is 3. The lowest BCUT2D eigenvalue weighted by molar-refractivity contribution is 0.0997. The molecule has 1 aliphatic carbocycles. The number of hydrogen-bond acceptors (Lipinski definition) is 3. The minimum atomic E-state index is 0.160. The Bertz CT molecular complexity index is 597. The van der Waals surface area contributed by atoms with Crippen LogP contribution >= 0.6 is 22.9 Å². The summed E-state index contributed by atoms with van der Waals surface area (Å²) in [6.07, 6.45) is 8.36. The van der Waals surface area contributed by atoms with Crippen LogP contribution in [0.15, 0.2) is 24.5 Å². The molecular formula is C15H14ClNOS. The SMILES string of the molecule is O=C(Cc1ccncc1Cl)c1cc2c(s1)CCCC2. The molecule has 0 aromatic carbocycles. The molecule has 0 amide bonds. The largest absolute Gasteiger partial charge is 0.293 e. The Morgan fingerprint density at radius 2 is 2.21 bits per heavy atom. The van der Waals surface area contributed by atoms with Crippen molar-refractivity contribution in [3.8, 4) is 0 Å². The van der Waals surface area contributed by atoms with Gasteiger partial charge in [0.1, 0.15) is 0 Å². The lowest BCUT2D eigenvalue weighted by Gasteiger charge is -2.08. The van der Waals surface area contributed by atoms with E-state index in [4.69, 9.17) is 11.6 Å². The van der Waals surface area contributed by atoms with E-state index in [1.165, 1.54) is 23.3 Å². The first-order valence-corrected chi connectivity index (χ1v) is 7.66. The van der Waals surface area contributed by atoms with Gasteiger partial charge in [-0.1, -0.05) is 11.6 Å². The van der Waals surface area contributed by atoms with Crippen molar-refractivity contribution in [1.29, 1.82) is 0 Å². The molecule has 0 bridgehead atoms. The number of thiophene rings is 1. The Kier molecular flexibility index (Phi) is 3.67. The molecule has 4 heteroatoms. The Labute approximate surface area is 121 Å². The fraction of sp³-hybridized carbons (Fsp3) is 0.333. The van der Waals surface area contributed by atoms with Crippen molar-refractivity contribution in [2.45, 2.75) is 32.1 Å². The second kappa shape index (κ2) is 5.43. The lowest BCUT2D eigenvalue weighted by Crippen LogP contribution is -2.02. The first-order valence-electron chi connectivity index (χ1n) is 6.47. The molecule has 0 radical (unpaired) electrons. The van der Waals surface area contributed by atoms with Crippen LogP contribution in [0.3, 0.4) is 0 Å². The van der Waals surface area contributed by atoms with Crippen LogP contribution in [-0.2, 0) is 19.3 Å². The minimum absolute atomic E-state index is 0.160. The fourth-order valence-electron chi connectivity index (χ4n) is 2.44. The van der Waals surface area contributed by atoms with E-state index in [1.54, 1.807) is 23.7 Å². The Balaban J connectivity index is 1.81. The number of nitrogens with zero attached hydrogens (tertiary/aromatic N) is 1. The van der Waals surface area contributed by atoms with Crippen molar-refractivity contribution in [2.75, 3.05) is 0 Å². The molecule has 0 atom stereocenters. The van der Waals surface area contributed by atoms with E-state index in [-0.39, 0.29) is 5.78 Å². The number of hydrogen-bond donors (Lipinski definition) is 0. The fourth-order valence-corrected chi connectivity index (χ4v) is 3.81. The van der Waals surface area contributed by atoms with Gasteiger partial charge in [0, 0.05) is 23.7 Å². The molecule has 2 aromatic rings. The maximum absolute atomic E-state index is 12.3. The number of carbonyl (C=O) groups excluding carboxylic acids is 1. The van der Waals surface area contributed by atoms with Crippen molar-refractivity contribution in [3.05, 3.63) is 50.4 Å². The summed E-state index contributed by atoms with van der Waals surface area (Å²) in [4.78, 5) is 18.5. The highest BCUT2D eigenvalue weighted by molar-refractivity contribution is 7.14. The van der Waals surface area contributed by atoms with Crippen LogP contribution in [0, 0.1) is 0 Å². The second-order valence-corrected chi connectivity index (χ2v) is 6.38. The number of halogens is 1. The molecule has 0 spiro atoms. The van der Waals surface area contributed by atoms with Crippen molar-refractivity contribution in [1.82, 2.24) is 4.98 Å². The molecule has 0 fully saturated rings. The van der Waals surface area contributed by atoms with Gasteiger partial charge in [0.05, 0.1) is 9.90 Å². The van der Waals surface area contributed by atoms with Gasteiger partial charge in [-0.15, -0.1) is 11.3 Å². The summed E-state index contributed by atoms with van der Waals surface area (Å²) < 4.78 is 0. The molecule has 2 aromatic heterocycles. The molecule has 0 N–H and O–H groups in total. The third kappa shape index (κ3) is 2.72. The van der Waals surface area contributed by atoms with E-state index < -0.39 is 0 Å². The molecule has 19 heavy (non-hydrogen) atoms. The van der Waals surface area contributed by atoms with E-state index in [2.05, 4.69) is 11.1 Å². The quantitative estimate of drug-likeness (QED) is 0.797. The van der Waals surface area contributed by atoms with Crippen molar-refractivity contribution < 1.29 is 4.79 Å². The highest BCUT2D eigenvalue weighted by atomic mass is 35.5. The van der Waals surface area contributed by atoms with Crippen LogP contribution in [0.25, 0.3) is 0 Å². The Morgan fingerprint density at radius 3 is 3.00 bits per heavy atom. The van der Waals surface area contributed by atoms with Gasteiger partial charge in [-0.05, 0) is 48.9 Å². The van der Waals surface area contributed by atoms with Gasteiger partial charge in [0.25, 0.3) is 0 Å². The minimum Gasteiger partial charge on any atom is -0.293 e. The average Bonchev–Trinajstić information content (AvgIpc) is 2.85. The number of pyridine rings is 1. The van der Waals surface area contributed by atoms with Crippen LogP contribution in [0.1, 0.15) is 38.5 Å². The molecule has 1 aliphatic rings. The van der Waals surface area contributed by atoms with Gasteiger partial charge >= 0.3 is 0 Å². The summed E-state index contributed by atoms with van der Waals surface area (Å²) in [6, 6.07) is 3.89. The van der Waals surface area contributed by atoms with Crippen molar-refractivity contribution in [3.63, 3.8) is 0 Å². The lowest BCUT2D eigenvalue weighted by atomic mass is 9.98. The normalized spacial score (nSPS) is 14.2. The molecule has 2 heterocycles. The summed E-state index contributed by atoms with van der Waals surface area (Å²) in [7, 11) is 0. The molecule has 0 saturated carbocycles. The van der Waals surface area contributed by atoms with E-state index in [0.29, 0.717) is 11.4 Å². The zero-order valence-electron chi connectivity index (χ0n) is 10.5. The van der Waals surface area contributed by atoms with Crippen LogP contribution < -0.4 is 0 Å². The maximum atomic E-state index is 12.3. The van der Waals surface area contributed by atoms with Crippen LogP contribution in [0.2, 0.25) is 5.02 Å². The summed E-state index contributed by atoms with van der Waals surface area (Å²) in [5.74, 6) is 0.160. The first-order chi connectivity index (χ1) is 9.24. The average molecular weight is 292 g/mol. The number of fused-ring (bicyclic) bond motifs is 1. The molecule has 98 valence electrons. The zero-order chi connectivity index (χ0) is 13.2. The predicted molar refractivity (Wildman–Crippen MR) is 78.2 cm³/mol. The van der Waals surface area contributed by atoms with E-state index in [9.17, 15) is 4.79 Å². The highest BCUT2D eigenvalue weighted by Crippen LogP contribution is 2.30. The van der Waals surface area contributed by atoms with Crippen LogP contribution in [0.5, 0.6) is 0 Å². The third-order valence-electron chi connectivity index (χ3n) is 3.48. The number of ketones is 1. The van der Waals surface area contributed by atoms with Gasteiger partial charge in [0.2, 0.25) is 0 Å². The van der Waals surface area contributed by atoms with E-state index >= 15 is 0 Å². The summed E-state index contributed by atoms with van der Waals surface area (Å²) >= 11 is 7.71. The van der Waals surface area contributed by atoms with Gasteiger partial charge < -0.3 is 0 Å². The van der Waals surface area contributed by atoms with Gasteiger partial charge in [0.15, 0.2) is 5.78 Å². The second-order valence-electron chi connectivity index (χ2n) is 4.83. The van der Waals surface area contributed by atoms with Crippen molar-refractivity contribution >= 4 is 28.7 Å². The van der Waals surface area contributed by atoms with Crippen LogP contribution in [-0.4, -0.2) is 10.8 Å². The van der Waals surface area contributed by atoms with Gasteiger partial charge in [-0.3, -0.25) is 9.78 Å². The molecule has 0 saturated heterocycles. The highest BCUT2D eigenvalue weighted by Gasteiger charge is 2.18. The number of Topliss-reactive ketones (excluding diaryl/α,β-unsaturated/α-hetero) is 1. The monoisotopic (exact) mass is 291 g/mol. The zero-order valence-corrected chi connectivity index (χ0v) is 12.1. The Hall–Kier alpha value is -1.19. The summed E-state index contributed by atoms with van der Waals surface area (Å²) in [6.45, 7) is 0. The third-order valence-corrected chi connectivity index (χ3v) is 5.10. The number of aryl methyl sites for hydroxylation is 2. The molecular weight excluding hydrogens is 278 g/mol. The standard InChI is InChI=1S/C15H14ClNOS/c16-12-9-17-6-5-10(12)7-13(18)15-8-11-3-1-2-4-14(11)19-15/h5-6,8-9H,1-4,7H2. The van der Waals surface area contributed by atoms with Crippen molar-refractivity contribution in [2.24, 2.45) is 0 Å². The maximum Gasteiger partial charge on any atom is 0.177 e.